The van der Waals surface area contributed by atoms with Gasteiger partial charge in [0.1, 0.15) is 25.4 Å². The molecular formula is C12H15NO6. The lowest BCUT2D eigenvalue weighted by atomic mass is 10.1. The highest BCUT2D eigenvalue weighted by Gasteiger charge is 2.27. The van der Waals surface area contributed by atoms with Gasteiger partial charge in [-0.25, -0.2) is 4.79 Å². The van der Waals surface area contributed by atoms with E-state index in [1.165, 1.54) is 6.07 Å². The maximum absolute atomic E-state index is 11.2. The van der Waals surface area contributed by atoms with Crippen molar-refractivity contribution in [2.75, 3.05) is 39.3 Å². The van der Waals surface area contributed by atoms with Gasteiger partial charge in [-0.1, -0.05) is 0 Å². The zero-order chi connectivity index (χ0) is 13.8. The Morgan fingerprint density at radius 2 is 2.05 bits per heavy atom. The first-order valence-electron chi connectivity index (χ1n) is 5.72. The van der Waals surface area contributed by atoms with Crippen molar-refractivity contribution in [2.24, 2.45) is 0 Å². The summed E-state index contributed by atoms with van der Waals surface area (Å²) in [5.41, 5.74) is 5.69. The molecule has 1 aromatic rings. The molecule has 0 aromatic heterocycles. The number of nitrogen functional groups attached to an aromatic ring is 1. The fourth-order valence-corrected chi connectivity index (χ4v) is 1.76. The molecule has 1 aliphatic rings. The molecule has 104 valence electrons. The first-order chi connectivity index (χ1) is 9.15. The van der Waals surface area contributed by atoms with Crippen LogP contribution in [0.3, 0.4) is 0 Å². The number of rotatable bonds is 5. The lowest BCUT2D eigenvalue weighted by Gasteiger charge is -2.23. The smallest absolute Gasteiger partial charge is 0.341 e. The number of ether oxygens (including phenoxy) is 4. The topological polar surface area (TPSA) is 100 Å². The number of carboxylic acids is 1. The Morgan fingerprint density at radius 1 is 1.37 bits per heavy atom. The minimum Gasteiger partial charge on any atom is -0.487 e. The van der Waals surface area contributed by atoms with Gasteiger partial charge in [-0.05, 0) is 0 Å². The van der Waals surface area contributed by atoms with Crippen LogP contribution in [0.4, 0.5) is 5.69 Å². The summed E-state index contributed by atoms with van der Waals surface area (Å²) >= 11 is 0. The first-order valence-corrected chi connectivity index (χ1v) is 5.72. The quantitative estimate of drug-likeness (QED) is 0.601. The summed E-state index contributed by atoms with van der Waals surface area (Å²) in [6.45, 7) is 1.30. The number of aromatic carboxylic acids is 1. The summed E-state index contributed by atoms with van der Waals surface area (Å²) in [6.07, 6.45) is 0. The van der Waals surface area contributed by atoms with E-state index in [1.807, 2.05) is 0 Å². The van der Waals surface area contributed by atoms with Crippen molar-refractivity contribution in [1.82, 2.24) is 0 Å². The largest absolute Gasteiger partial charge is 0.487 e. The van der Waals surface area contributed by atoms with E-state index in [0.717, 1.165) is 0 Å². The molecule has 0 saturated heterocycles. The van der Waals surface area contributed by atoms with E-state index in [-0.39, 0.29) is 29.4 Å². The fourth-order valence-electron chi connectivity index (χ4n) is 1.76. The predicted molar refractivity (Wildman–Crippen MR) is 66.2 cm³/mol. The average molecular weight is 269 g/mol. The number of carbonyl (C=O) groups is 1. The van der Waals surface area contributed by atoms with Gasteiger partial charge in [0.15, 0.2) is 11.5 Å². The maximum Gasteiger partial charge on any atom is 0.341 e. The number of hydrogen-bond acceptors (Lipinski definition) is 6. The molecule has 0 saturated carbocycles. The lowest BCUT2D eigenvalue weighted by molar-refractivity contribution is 0.0686. The van der Waals surface area contributed by atoms with Crippen molar-refractivity contribution in [3.05, 3.63) is 11.6 Å². The lowest BCUT2D eigenvalue weighted by Crippen LogP contribution is -2.20. The number of benzene rings is 1. The summed E-state index contributed by atoms with van der Waals surface area (Å²) in [5, 5.41) is 9.15. The molecule has 0 atom stereocenters. The summed E-state index contributed by atoms with van der Waals surface area (Å²) in [7, 11) is 1.56. The molecule has 19 heavy (non-hydrogen) atoms. The molecule has 0 amide bonds. The second-order valence-corrected chi connectivity index (χ2v) is 3.84. The molecule has 2 rings (SSSR count). The highest BCUT2D eigenvalue weighted by molar-refractivity contribution is 5.98. The normalized spacial score (nSPS) is 13.1. The number of anilines is 1. The molecule has 0 spiro atoms. The molecule has 1 heterocycles. The molecule has 7 nitrogen and oxygen atoms in total. The van der Waals surface area contributed by atoms with Crippen LogP contribution in [-0.4, -0.2) is 44.6 Å². The number of carboxylic acid groups (broad SMARTS) is 1. The Morgan fingerprint density at radius 3 is 2.68 bits per heavy atom. The third-order valence-electron chi connectivity index (χ3n) is 2.57. The molecule has 0 radical (unpaired) electrons. The third kappa shape index (κ3) is 2.65. The second kappa shape index (κ2) is 5.66. The average Bonchev–Trinajstić information content (AvgIpc) is 2.38. The van der Waals surface area contributed by atoms with Gasteiger partial charge in [0, 0.05) is 13.2 Å². The van der Waals surface area contributed by atoms with Crippen LogP contribution in [0.1, 0.15) is 10.4 Å². The van der Waals surface area contributed by atoms with E-state index in [9.17, 15) is 4.79 Å². The second-order valence-electron chi connectivity index (χ2n) is 3.84. The fraction of sp³-hybridized carbons (Fsp3) is 0.417. The van der Waals surface area contributed by atoms with Crippen LogP contribution in [-0.2, 0) is 4.74 Å². The van der Waals surface area contributed by atoms with Crippen molar-refractivity contribution < 1.29 is 28.8 Å². The van der Waals surface area contributed by atoms with Crippen LogP contribution >= 0.6 is 0 Å². The summed E-state index contributed by atoms with van der Waals surface area (Å²) < 4.78 is 21.1. The molecule has 1 aliphatic heterocycles. The van der Waals surface area contributed by atoms with Gasteiger partial charge >= 0.3 is 5.97 Å². The standard InChI is InChI=1S/C12H15NO6/c1-16-2-3-17-8-6-7(13)9(12(14)15)11-10(8)18-4-5-19-11/h6H,2-5,13H2,1H3,(H,14,15). The number of fused-ring (bicyclic) bond motifs is 1. The highest BCUT2D eigenvalue weighted by Crippen LogP contribution is 2.45. The van der Waals surface area contributed by atoms with Gasteiger partial charge in [0.05, 0.1) is 12.3 Å². The molecule has 0 fully saturated rings. The molecule has 0 unspecified atom stereocenters. The molecule has 0 aliphatic carbocycles. The van der Waals surface area contributed by atoms with Crippen LogP contribution in [0.5, 0.6) is 17.2 Å². The molecular weight excluding hydrogens is 254 g/mol. The number of hydrogen-bond donors (Lipinski definition) is 2. The Balaban J connectivity index is 2.40. The zero-order valence-electron chi connectivity index (χ0n) is 10.5. The summed E-state index contributed by atoms with van der Waals surface area (Å²) in [4.78, 5) is 11.2. The van der Waals surface area contributed by atoms with E-state index >= 15 is 0 Å². The monoisotopic (exact) mass is 269 g/mol. The van der Waals surface area contributed by atoms with E-state index < -0.39 is 5.97 Å². The van der Waals surface area contributed by atoms with Gasteiger partial charge < -0.3 is 29.8 Å². The molecule has 3 N–H and O–H groups in total. The van der Waals surface area contributed by atoms with E-state index in [4.69, 9.17) is 29.8 Å². The van der Waals surface area contributed by atoms with Gasteiger partial charge in [0.2, 0.25) is 5.75 Å². The summed E-state index contributed by atoms with van der Waals surface area (Å²) in [5.74, 6) is -0.419. The van der Waals surface area contributed by atoms with Crippen LogP contribution in [0.2, 0.25) is 0 Å². The van der Waals surface area contributed by atoms with Crippen LogP contribution in [0.25, 0.3) is 0 Å². The van der Waals surface area contributed by atoms with Crippen LogP contribution in [0.15, 0.2) is 6.07 Å². The third-order valence-corrected chi connectivity index (χ3v) is 2.57. The minimum absolute atomic E-state index is 0.0733. The van der Waals surface area contributed by atoms with Crippen molar-refractivity contribution in [3.8, 4) is 17.2 Å². The summed E-state index contributed by atoms with van der Waals surface area (Å²) in [6, 6.07) is 1.42. The Labute approximate surface area is 109 Å². The number of nitrogens with two attached hydrogens (primary N) is 1. The van der Waals surface area contributed by atoms with E-state index in [2.05, 4.69) is 0 Å². The first kappa shape index (κ1) is 13.3. The Bertz CT molecular complexity index is 488. The highest BCUT2D eigenvalue weighted by atomic mass is 16.6. The van der Waals surface area contributed by atoms with Crippen LogP contribution < -0.4 is 19.9 Å². The molecule has 7 heteroatoms. The van der Waals surface area contributed by atoms with E-state index in [1.54, 1.807) is 7.11 Å². The SMILES string of the molecule is COCCOc1cc(N)c(C(=O)O)c2c1OCCO2. The van der Waals surface area contributed by atoms with Crippen molar-refractivity contribution in [1.29, 1.82) is 0 Å². The van der Waals surface area contributed by atoms with Gasteiger partial charge in [0.25, 0.3) is 0 Å². The van der Waals surface area contributed by atoms with Gasteiger partial charge in [-0.15, -0.1) is 0 Å². The Hall–Kier alpha value is -2.15. The zero-order valence-corrected chi connectivity index (χ0v) is 10.5. The predicted octanol–water partition coefficient (Wildman–Crippen LogP) is 0.763. The number of methoxy groups -OCH3 is 1. The minimum atomic E-state index is -1.16. The molecule has 1 aromatic carbocycles. The van der Waals surface area contributed by atoms with Crippen molar-refractivity contribution in [3.63, 3.8) is 0 Å². The molecule has 0 bridgehead atoms. The Kier molecular flexibility index (Phi) is 3.96. The van der Waals surface area contributed by atoms with E-state index in [0.29, 0.717) is 25.6 Å². The van der Waals surface area contributed by atoms with Gasteiger partial charge in [-0.3, -0.25) is 0 Å². The van der Waals surface area contributed by atoms with Crippen molar-refractivity contribution in [2.45, 2.75) is 0 Å². The van der Waals surface area contributed by atoms with Gasteiger partial charge in [-0.2, -0.15) is 0 Å². The van der Waals surface area contributed by atoms with Crippen LogP contribution in [0, 0.1) is 0 Å². The van der Waals surface area contributed by atoms with Crippen molar-refractivity contribution >= 4 is 11.7 Å². The maximum atomic E-state index is 11.2.